The molecule has 2 aromatic carbocycles. The third-order valence-corrected chi connectivity index (χ3v) is 3.75. The summed E-state index contributed by atoms with van der Waals surface area (Å²) in [5, 5.41) is 4.17. The average molecular weight is 316 g/mol. The number of rotatable bonds is 1. The summed E-state index contributed by atoms with van der Waals surface area (Å²) in [7, 11) is 0. The maximum absolute atomic E-state index is 12.3. The van der Waals surface area contributed by atoms with E-state index >= 15 is 0 Å². The molecular weight excluding hydrogens is 305 g/mol. The van der Waals surface area contributed by atoms with Crippen molar-refractivity contribution in [1.29, 1.82) is 0 Å². The van der Waals surface area contributed by atoms with Crippen molar-refractivity contribution >= 4 is 22.4 Å². The minimum Gasteiger partial charge on any atom is -0.406 e. The molecule has 1 aliphatic rings. The van der Waals surface area contributed by atoms with Gasteiger partial charge < -0.3 is 10.1 Å². The number of nitrogens with one attached hydrogen (secondary N) is 1. The highest BCUT2D eigenvalue weighted by atomic mass is 19.4. The third-order valence-electron chi connectivity index (χ3n) is 3.75. The van der Waals surface area contributed by atoms with Crippen LogP contribution in [0, 0.1) is 0 Å². The summed E-state index contributed by atoms with van der Waals surface area (Å²) in [6.07, 6.45) is -4.18. The summed E-state index contributed by atoms with van der Waals surface area (Å²) in [6, 6.07) is 14.0. The van der Waals surface area contributed by atoms with Gasteiger partial charge in [0.05, 0.1) is 5.52 Å². The molecule has 0 saturated carbocycles. The molecule has 23 heavy (non-hydrogen) atoms. The Kier molecular flexibility index (Phi) is 2.94. The van der Waals surface area contributed by atoms with Gasteiger partial charge in [-0.2, -0.15) is 0 Å². The quantitative estimate of drug-likeness (QED) is 0.549. The number of hydrogen-bond donors (Lipinski definition) is 1. The maximum Gasteiger partial charge on any atom is 0.573 e. The molecule has 1 aromatic heterocycles. The number of anilines is 2. The first kappa shape index (κ1) is 13.9. The number of nitrogens with zero attached hydrogens (tertiary/aromatic N) is 1. The van der Waals surface area contributed by atoms with Crippen molar-refractivity contribution in [3.8, 4) is 5.75 Å². The predicted octanol–water partition coefficient (Wildman–Crippen LogP) is 4.78. The van der Waals surface area contributed by atoms with Crippen LogP contribution in [0.5, 0.6) is 5.75 Å². The number of alkyl halides is 3. The van der Waals surface area contributed by atoms with Crippen LogP contribution < -0.4 is 10.1 Å². The molecule has 4 rings (SSSR count). The fourth-order valence-corrected chi connectivity index (χ4v) is 2.77. The van der Waals surface area contributed by atoms with Crippen LogP contribution in [0.3, 0.4) is 0 Å². The SMILES string of the molecule is FC(F)(F)Oc1ccc2c(c1)Cc1cc3ccccc3nc1N2. The molecule has 1 aliphatic heterocycles. The van der Waals surface area contributed by atoms with Gasteiger partial charge in [0.25, 0.3) is 0 Å². The molecule has 0 radical (unpaired) electrons. The Bertz CT molecular complexity index is 906. The molecule has 0 fully saturated rings. The van der Waals surface area contributed by atoms with E-state index < -0.39 is 6.36 Å². The molecule has 2 heterocycles. The number of fused-ring (bicyclic) bond motifs is 3. The molecule has 0 saturated heterocycles. The van der Waals surface area contributed by atoms with E-state index in [2.05, 4.69) is 15.0 Å². The number of pyridine rings is 1. The van der Waals surface area contributed by atoms with Crippen molar-refractivity contribution < 1.29 is 17.9 Å². The lowest BCUT2D eigenvalue weighted by molar-refractivity contribution is -0.274. The van der Waals surface area contributed by atoms with Crippen LogP contribution in [-0.2, 0) is 6.42 Å². The van der Waals surface area contributed by atoms with Crippen LogP contribution >= 0.6 is 0 Å². The van der Waals surface area contributed by atoms with Crippen LogP contribution in [0.25, 0.3) is 10.9 Å². The summed E-state index contributed by atoms with van der Waals surface area (Å²) in [5.41, 5.74) is 3.31. The van der Waals surface area contributed by atoms with Gasteiger partial charge in [-0.1, -0.05) is 18.2 Å². The van der Waals surface area contributed by atoms with Gasteiger partial charge in [-0.3, -0.25) is 0 Å². The first-order valence-electron chi connectivity index (χ1n) is 7.02. The monoisotopic (exact) mass is 316 g/mol. The second kappa shape index (κ2) is 4.87. The van der Waals surface area contributed by atoms with E-state index in [1.165, 1.54) is 12.1 Å². The summed E-state index contributed by atoms with van der Waals surface area (Å²) in [6.45, 7) is 0. The van der Waals surface area contributed by atoms with Crippen molar-refractivity contribution in [3.63, 3.8) is 0 Å². The number of ether oxygens (including phenoxy) is 1. The van der Waals surface area contributed by atoms with Crippen molar-refractivity contribution in [1.82, 2.24) is 4.98 Å². The number of benzene rings is 2. The van der Waals surface area contributed by atoms with Crippen molar-refractivity contribution in [2.24, 2.45) is 0 Å². The lowest BCUT2D eigenvalue weighted by atomic mass is 9.98. The zero-order valence-corrected chi connectivity index (χ0v) is 11.8. The van der Waals surface area contributed by atoms with Crippen LogP contribution in [0.2, 0.25) is 0 Å². The van der Waals surface area contributed by atoms with Crippen LogP contribution in [0.4, 0.5) is 24.7 Å². The standard InChI is InChI=1S/C17H11F3N2O/c18-17(19,20)23-13-5-6-15-11(9-13)8-12-7-10-3-1-2-4-14(10)21-16(12)22-15/h1-7,9H,8H2,(H,21,22). The van der Waals surface area contributed by atoms with E-state index in [1.54, 1.807) is 6.07 Å². The van der Waals surface area contributed by atoms with Gasteiger partial charge in [0.2, 0.25) is 0 Å². The number of hydrogen-bond acceptors (Lipinski definition) is 3. The zero-order chi connectivity index (χ0) is 16.0. The summed E-state index contributed by atoms with van der Waals surface area (Å²) < 4.78 is 41.0. The topological polar surface area (TPSA) is 34.1 Å². The molecule has 116 valence electrons. The summed E-state index contributed by atoms with van der Waals surface area (Å²) >= 11 is 0. The molecule has 3 aromatic rings. The fourth-order valence-electron chi connectivity index (χ4n) is 2.77. The van der Waals surface area contributed by atoms with E-state index in [1.807, 2.05) is 30.3 Å². The Morgan fingerprint density at radius 1 is 1.00 bits per heavy atom. The molecule has 1 N–H and O–H groups in total. The van der Waals surface area contributed by atoms with Gasteiger partial charge in [-0.25, -0.2) is 4.98 Å². The van der Waals surface area contributed by atoms with Crippen LogP contribution in [0.1, 0.15) is 11.1 Å². The van der Waals surface area contributed by atoms with E-state index in [0.29, 0.717) is 6.42 Å². The minimum absolute atomic E-state index is 0.213. The lowest BCUT2D eigenvalue weighted by Crippen LogP contribution is -2.17. The maximum atomic E-state index is 12.3. The molecule has 0 atom stereocenters. The Balaban J connectivity index is 1.72. The number of para-hydroxylation sites is 1. The Morgan fingerprint density at radius 2 is 1.83 bits per heavy atom. The van der Waals surface area contributed by atoms with Gasteiger partial charge in [-0.15, -0.1) is 13.2 Å². The molecule has 0 amide bonds. The van der Waals surface area contributed by atoms with E-state index in [4.69, 9.17) is 0 Å². The third kappa shape index (κ3) is 2.67. The van der Waals surface area contributed by atoms with E-state index in [0.717, 1.165) is 33.5 Å². The smallest absolute Gasteiger partial charge is 0.406 e. The van der Waals surface area contributed by atoms with E-state index in [-0.39, 0.29) is 5.75 Å². The largest absolute Gasteiger partial charge is 0.573 e. The normalized spacial score (nSPS) is 13.2. The molecule has 0 unspecified atom stereocenters. The minimum atomic E-state index is -4.69. The lowest BCUT2D eigenvalue weighted by Gasteiger charge is -2.22. The molecule has 0 bridgehead atoms. The van der Waals surface area contributed by atoms with Gasteiger partial charge in [0.15, 0.2) is 0 Å². The van der Waals surface area contributed by atoms with Gasteiger partial charge in [0, 0.05) is 17.5 Å². The highest BCUT2D eigenvalue weighted by molar-refractivity contribution is 5.84. The molecule has 3 nitrogen and oxygen atoms in total. The predicted molar refractivity (Wildman–Crippen MR) is 81.0 cm³/mol. The highest BCUT2D eigenvalue weighted by Gasteiger charge is 2.31. The van der Waals surface area contributed by atoms with Crippen LogP contribution in [-0.4, -0.2) is 11.3 Å². The molecule has 6 heteroatoms. The van der Waals surface area contributed by atoms with Crippen molar-refractivity contribution in [3.05, 3.63) is 59.7 Å². The summed E-state index contributed by atoms with van der Waals surface area (Å²) in [4.78, 5) is 4.57. The zero-order valence-electron chi connectivity index (χ0n) is 11.8. The second-order valence-electron chi connectivity index (χ2n) is 5.36. The molecule has 0 aliphatic carbocycles. The molecular formula is C17H11F3N2O. The average Bonchev–Trinajstić information content (AvgIpc) is 2.49. The van der Waals surface area contributed by atoms with E-state index in [9.17, 15) is 13.2 Å². The Labute approximate surface area is 129 Å². The van der Waals surface area contributed by atoms with Gasteiger partial charge in [-0.05, 0) is 41.5 Å². The second-order valence-corrected chi connectivity index (χ2v) is 5.36. The van der Waals surface area contributed by atoms with Crippen molar-refractivity contribution in [2.75, 3.05) is 5.32 Å². The Hall–Kier alpha value is -2.76. The first-order valence-corrected chi connectivity index (χ1v) is 7.02. The fraction of sp³-hybridized carbons (Fsp3) is 0.118. The van der Waals surface area contributed by atoms with Crippen molar-refractivity contribution in [2.45, 2.75) is 12.8 Å². The number of halogens is 3. The highest BCUT2D eigenvalue weighted by Crippen LogP contribution is 2.36. The summed E-state index contributed by atoms with van der Waals surface area (Å²) in [5.74, 6) is 0.524. The van der Waals surface area contributed by atoms with Crippen LogP contribution in [0.15, 0.2) is 48.5 Å². The van der Waals surface area contributed by atoms with Gasteiger partial charge >= 0.3 is 6.36 Å². The van der Waals surface area contributed by atoms with Gasteiger partial charge in [0.1, 0.15) is 11.6 Å². The molecule has 0 spiro atoms. The first-order chi connectivity index (χ1) is 11.0. The number of aromatic nitrogens is 1. The Morgan fingerprint density at radius 3 is 2.65 bits per heavy atom.